The molecule has 3 amide bonds. The van der Waals surface area contributed by atoms with Crippen LogP contribution in [-0.4, -0.2) is 56.6 Å². The number of amides is 3. The molecular formula is C14H16N4O8. The highest BCUT2D eigenvalue weighted by Gasteiger charge is 2.44. The first kappa shape index (κ1) is 19.1. The summed E-state index contributed by atoms with van der Waals surface area (Å²) in [6.45, 7) is 2.19. The SMILES string of the molecule is CC1(C)NC(=O)N(C[C@@H](O)COc2ccc([N+](=O)[O-])cc2[N+](=O)[O-])C1=O. The average molecular weight is 368 g/mol. The number of aliphatic hydroxyl groups is 1. The molecule has 12 heteroatoms. The second-order valence-corrected chi connectivity index (χ2v) is 6.10. The second-order valence-electron chi connectivity index (χ2n) is 6.10. The number of carbonyl (C=O) groups excluding carboxylic acids is 2. The lowest BCUT2D eigenvalue weighted by Gasteiger charge is -2.19. The Labute approximate surface area is 146 Å². The molecule has 0 radical (unpaired) electrons. The van der Waals surface area contributed by atoms with Gasteiger partial charge in [0.25, 0.3) is 11.6 Å². The van der Waals surface area contributed by atoms with Crippen LogP contribution in [0, 0.1) is 20.2 Å². The van der Waals surface area contributed by atoms with Crippen LogP contribution in [0.25, 0.3) is 0 Å². The van der Waals surface area contributed by atoms with Crippen LogP contribution >= 0.6 is 0 Å². The molecular weight excluding hydrogens is 352 g/mol. The van der Waals surface area contributed by atoms with Crippen LogP contribution in [0.2, 0.25) is 0 Å². The van der Waals surface area contributed by atoms with Gasteiger partial charge in [0, 0.05) is 6.07 Å². The first-order chi connectivity index (χ1) is 12.0. The number of hydrogen-bond acceptors (Lipinski definition) is 8. The molecule has 1 aliphatic rings. The molecule has 12 nitrogen and oxygen atoms in total. The quantitative estimate of drug-likeness (QED) is 0.400. The molecule has 1 saturated heterocycles. The summed E-state index contributed by atoms with van der Waals surface area (Å²) in [5.74, 6) is -0.806. The average Bonchev–Trinajstić information content (AvgIpc) is 2.74. The summed E-state index contributed by atoms with van der Waals surface area (Å²) in [6.07, 6.45) is -1.31. The van der Waals surface area contributed by atoms with Gasteiger partial charge in [0.2, 0.25) is 0 Å². The van der Waals surface area contributed by atoms with E-state index in [4.69, 9.17) is 4.74 Å². The van der Waals surface area contributed by atoms with Crippen molar-refractivity contribution in [1.82, 2.24) is 10.2 Å². The van der Waals surface area contributed by atoms with E-state index in [1.54, 1.807) is 0 Å². The van der Waals surface area contributed by atoms with E-state index < -0.39 is 51.4 Å². The van der Waals surface area contributed by atoms with Crippen molar-refractivity contribution in [3.63, 3.8) is 0 Å². The molecule has 0 spiro atoms. The number of nitrogens with zero attached hydrogens (tertiary/aromatic N) is 3. The number of carbonyl (C=O) groups is 2. The third-order valence-corrected chi connectivity index (χ3v) is 3.62. The van der Waals surface area contributed by atoms with E-state index >= 15 is 0 Å². The molecule has 0 aromatic heterocycles. The Morgan fingerprint density at radius 3 is 2.42 bits per heavy atom. The summed E-state index contributed by atoms with van der Waals surface area (Å²) in [6, 6.07) is 2.14. The summed E-state index contributed by atoms with van der Waals surface area (Å²) in [5, 5.41) is 34.1. The topological polar surface area (TPSA) is 165 Å². The molecule has 2 rings (SSSR count). The molecule has 0 saturated carbocycles. The first-order valence-corrected chi connectivity index (χ1v) is 7.40. The monoisotopic (exact) mass is 368 g/mol. The van der Waals surface area contributed by atoms with Crippen molar-refractivity contribution < 1.29 is 29.3 Å². The van der Waals surface area contributed by atoms with Gasteiger partial charge in [0.1, 0.15) is 18.2 Å². The molecule has 26 heavy (non-hydrogen) atoms. The molecule has 0 aliphatic carbocycles. The number of β-amino-alcohol motifs (C(OH)–C–C–N with tert-alkyl or cyclic N) is 1. The van der Waals surface area contributed by atoms with Crippen LogP contribution in [-0.2, 0) is 4.79 Å². The molecule has 1 aromatic carbocycles. The fourth-order valence-electron chi connectivity index (χ4n) is 2.32. The number of nitro benzene ring substituents is 2. The van der Waals surface area contributed by atoms with Crippen LogP contribution in [0.15, 0.2) is 18.2 Å². The lowest BCUT2D eigenvalue weighted by atomic mass is 10.1. The van der Waals surface area contributed by atoms with E-state index in [0.29, 0.717) is 0 Å². The van der Waals surface area contributed by atoms with Gasteiger partial charge < -0.3 is 15.2 Å². The minimum Gasteiger partial charge on any atom is -0.484 e. The number of nitrogens with one attached hydrogen (secondary N) is 1. The van der Waals surface area contributed by atoms with Gasteiger partial charge in [-0.05, 0) is 19.9 Å². The summed E-state index contributed by atoms with van der Waals surface area (Å²) in [4.78, 5) is 44.7. The number of benzene rings is 1. The number of urea groups is 1. The van der Waals surface area contributed by atoms with Crippen LogP contribution in [0.5, 0.6) is 5.75 Å². The zero-order valence-corrected chi connectivity index (χ0v) is 13.9. The van der Waals surface area contributed by atoms with Crippen LogP contribution < -0.4 is 10.1 Å². The standard InChI is InChI=1S/C14H16N4O8/c1-14(2)12(20)16(13(21)15-14)6-9(19)7-26-11-4-3-8(17(22)23)5-10(11)18(24)25/h3-5,9,19H,6-7H2,1-2H3,(H,15,21)/t9-/m1/s1. The van der Waals surface area contributed by atoms with Crippen LogP contribution in [0.3, 0.4) is 0 Å². The molecule has 1 aliphatic heterocycles. The predicted octanol–water partition coefficient (Wildman–Crippen LogP) is 0.573. The molecule has 1 heterocycles. The highest BCUT2D eigenvalue weighted by molar-refractivity contribution is 6.06. The number of rotatable bonds is 7. The maximum Gasteiger partial charge on any atom is 0.325 e. The number of non-ortho nitro benzene ring substituents is 1. The van der Waals surface area contributed by atoms with Crippen molar-refractivity contribution in [3.8, 4) is 5.75 Å². The number of hydrogen-bond donors (Lipinski definition) is 2. The van der Waals surface area contributed by atoms with Gasteiger partial charge in [-0.25, -0.2) is 4.79 Å². The fourth-order valence-corrected chi connectivity index (χ4v) is 2.32. The predicted molar refractivity (Wildman–Crippen MR) is 85.6 cm³/mol. The lowest BCUT2D eigenvalue weighted by molar-refractivity contribution is -0.394. The molecule has 1 fully saturated rings. The number of ether oxygens (including phenoxy) is 1. The van der Waals surface area contributed by atoms with Crippen molar-refractivity contribution in [3.05, 3.63) is 38.4 Å². The van der Waals surface area contributed by atoms with Crippen molar-refractivity contribution in [2.24, 2.45) is 0 Å². The maximum absolute atomic E-state index is 12.0. The van der Waals surface area contributed by atoms with Gasteiger partial charge in [-0.15, -0.1) is 0 Å². The lowest BCUT2D eigenvalue weighted by Crippen LogP contribution is -2.42. The van der Waals surface area contributed by atoms with E-state index in [1.807, 2.05) is 0 Å². The number of nitro groups is 2. The van der Waals surface area contributed by atoms with Gasteiger partial charge in [0.15, 0.2) is 5.75 Å². The van der Waals surface area contributed by atoms with Crippen molar-refractivity contribution >= 4 is 23.3 Å². The summed E-state index contributed by atoms with van der Waals surface area (Å²) >= 11 is 0. The Bertz CT molecular complexity index is 778. The molecule has 140 valence electrons. The van der Waals surface area contributed by atoms with E-state index in [2.05, 4.69) is 5.32 Å². The Morgan fingerprint density at radius 2 is 1.92 bits per heavy atom. The maximum atomic E-state index is 12.0. The Morgan fingerprint density at radius 1 is 1.27 bits per heavy atom. The van der Waals surface area contributed by atoms with E-state index in [1.165, 1.54) is 13.8 Å². The Hall–Kier alpha value is -3.28. The summed E-state index contributed by atoms with van der Waals surface area (Å²) in [5.41, 5.74) is -2.21. The van der Waals surface area contributed by atoms with E-state index in [0.717, 1.165) is 23.1 Å². The van der Waals surface area contributed by atoms with Gasteiger partial charge in [-0.1, -0.05) is 0 Å². The number of aliphatic hydroxyl groups excluding tert-OH is 1. The van der Waals surface area contributed by atoms with Crippen molar-refractivity contribution in [1.29, 1.82) is 0 Å². The van der Waals surface area contributed by atoms with Gasteiger partial charge in [-0.3, -0.25) is 29.9 Å². The smallest absolute Gasteiger partial charge is 0.325 e. The van der Waals surface area contributed by atoms with Crippen molar-refractivity contribution in [2.75, 3.05) is 13.2 Å². The Kier molecular flexibility index (Phi) is 5.07. The minimum absolute atomic E-state index is 0.280. The highest BCUT2D eigenvalue weighted by Crippen LogP contribution is 2.31. The highest BCUT2D eigenvalue weighted by atomic mass is 16.6. The number of imide groups is 1. The molecule has 1 atom stereocenters. The largest absolute Gasteiger partial charge is 0.484 e. The van der Waals surface area contributed by atoms with Gasteiger partial charge in [0.05, 0.1) is 22.5 Å². The molecule has 1 aromatic rings. The van der Waals surface area contributed by atoms with Gasteiger partial charge in [-0.2, -0.15) is 0 Å². The summed E-state index contributed by atoms with van der Waals surface area (Å²) in [7, 11) is 0. The van der Waals surface area contributed by atoms with Crippen LogP contribution in [0.4, 0.5) is 16.2 Å². The van der Waals surface area contributed by atoms with Gasteiger partial charge >= 0.3 is 11.7 Å². The molecule has 0 unspecified atom stereocenters. The fraction of sp³-hybridized carbons (Fsp3) is 0.429. The zero-order chi connectivity index (χ0) is 19.6. The zero-order valence-electron chi connectivity index (χ0n) is 13.9. The van der Waals surface area contributed by atoms with E-state index in [9.17, 15) is 34.9 Å². The third kappa shape index (κ3) is 3.85. The molecule has 0 bridgehead atoms. The normalized spacial score (nSPS) is 17.0. The second kappa shape index (κ2) is 6.92. The van der Waals surface area contributed by atoms with Crippen molar-refractivity contribution in [2.45, 2.75) is 25.5 Å². The summed E-state index contributed by atoms with van der Waals surface area (Å²) < 4.78 is 5.14. The van der Waals surface area contributed by atoms with Crippen LogP contribution in [0.1, 0.15) is 13.8 Å². The Balaban J connectivity index is 2.05. The first-order valence-electron chi connectivity index (χ1n) is 7.40. The van der Waals surface area contributed by atoms with E-state index in [-0.39, 0.29) is 12.3 Å². The third-order valence-electron chi connectivity index (χ3n) is 3.62. The minimum atomic E-state index is -1.31. The molecule has 2 N–H and O–H groups in total.